The highest BCUT2D eigenvalue weighted by Gasteiger charge is 2.05. The van der Waals surface area contributed by atoms with E-state index in [0.717, 1.165) is 12.2 Å². The Morgan fingerprint density at radius 1 is 0.850 bits per heavy atom. The van der Waals surface area contributed by atoms with Gasteiger partial charge in [-0.1, -0.05) is 42.5 Å². The molecule has 0 unspecified atom stereocenters. The second-order valence-electron chi connectivity index (χ2n) is 5.09. The predicted octanol–water partition coefficient (Wildman–Crippen LogP) is 4.06. The molecule has 0 aromatic heterocycles. The number of benzene rings is 3. The monoisotopic (exact) mass is 262 g/mol. The van der Waals surface area contributed by atoms with Crippen LogP contribution in [0.25, 0.3) is 10.8 Å². The van der Waals surface area contributed by atoms with Gasteiger partial charge in [0.05, 0.1) is 0 Å². The quantitative estimate of drug-likeness (QED) is 0.721. The molecule has 0 atom stereocenters. The molecule has 0 aliphatic carbocycles. The Labute approximate surface area is 119 Å². The van der Waals surface area contributed by atoms with Crippen molar-refractivity contribution >= 4 is 22.1 Å². The van der Waals surface area contributed by atoms with Gasteiger partial charge in [-0.25, -0.2) is 0 Å². The minimum absolute atomic E-state index is 0.798. The zero-order valence-corrected chi connectivity index (χ0v) is 11.6. The minimum atomic E-state index is 0.798. The molecule has 100 valence electrons. The number of anilines is 2. The lowest BCUT2D eigenvalue weighted by Crippen LogP contribution is -2.16. The molecule has 0 spiro atoms. The molecule has 0 heterocycles. The summed E-state index contributed by atoms with van der Waals surface area (Å²) < 4.78 is 0. The molecule has 0 fully saturated rings. The van der Waals surface area contributed by atoms with Gasteiger partial charge in [0.2, 0.25) is 0 Å². The van der Waals surface area contributed by atoms with Crippen molar-refractivity contribution in [1.82, 2.24) is 0 Å². The van der Waals surface area contributed by atoms with Gasteiger partial charge < -0.3 is 10.6 Å². The Morgan fingerprint density at radius 2 is 1.55 bits per heavy atom. The molecule has 20 heavy (non-hydrogen) atoms. The fraction of sp³-hybridized carbons (Fsp3) is 0.111. The van der Waals surface area contributed by atoms with Gasteiger partial charge in [-0.3, -0.25) is 0 Å². The van der Waals surface area contributed by atoms with Crippen LogP contribution in [0, 0.1) is 0 Å². The van der Waals surface area contributed by atoms with Gasteiger partial charge in [-0.05, 0) is 40.6 Å². The summed E-state index contributed by atoms with van der Waals surface area (Å²) in [6.45, 7) is 0.880. The van der Waals surface area contributed by atoms with Crippen LogP contribution in [0.2, 0.25) is 0 Å². The van der Waals surface area contributed by atoms with E-state index in [9.17, 15) is 0 Å². The van der Waals surface area contributed by atoms with Crippen LogP contribution in [-0.2, 0) is 6.54 Å². The van der Waals surface area contributed by atoms with E-state index in [1.165, 1.54) is 22.0 Å². The van der Waals surface area contributed by atoms with Gasteiger partial charge in [-0.15, -0.1) is 0 Å². The zero-order valence-electron chi connectivity index (χ0n) is 11.6. The van der Waals surface area contributed by atoms with E-state index in [4.69, 9.17) is 5.73 Å². The highest BCUT2D eigenvalue weighted by atomic mass is 15.1. The Hall–Kier alpha value is -2.48. The summed E-state index contributed by atoms with van der Waals surface area (Å²) in [6.07, 6.45) is 0. The second kappa shape index (κ2) is 5.25. The second-order valence-corrected chi connectivity index (χ2v) is 5.09. The molecule has 0 radical (unpaired) electrons. The van der Waals surface area contributed by atoms with Crippen LogP contribution in [0.1, 0.15) is 5.56 Å². The van der Waals surface area contributed by atoms with Crippen molar-refractivity contribution in [3.8, 4) is 0 Å². The van der Waals surface area contributed by atoms with Crippen molar-refractivity contribution in [2.45, 2.75) is 6.54 Å². The third-order valence-corrected chi connectivity index (χ3v) is 3.62. The summed E-state index contributed by atoms with van der Waals surface area (Å²) in [5.74, 6) is 0. The summed E-state index contributed by atoms with van der Waals surface area (Å²) in [4.78, 5) is 2.24. The standard InChI is InChI=1S/C18H18N2/c1-20(17-11-9-16(19)10-12-17)13-15-7-4-6-14-5-2-3-8-18(14)15/h2-12H,13,19H2,1H3. The number of nitrogen functional groups attached to an aromatic ring is 1. The largest absolute Gasteiger partial charge is 0.399 e. The van der Waals surface area contributed by atoms with Crippen LogP contribution >= 0.6 is 0 Å². The zero-order chi connectivity index (χ0) is 13.9. The van der Waals surface area contributed by atoms with E-state index in [0.29, 0.717) is 0 Å². The average Bonchev–Trinajstić information content (AvgIpc) is 2.48. The fourth-order valence-corrected chi connectivity index (χ4v) is 2.51. The summed E-state index contributed by atoms with van der Waals surface area (Å²) in [6, 6.07) is 23.0. The first-order valence-corrected chi connectivity index (χ1v) is 6.77. The SMILES string of the molecule is CN(Cc1cccc2ccccc12)c1ccc(N)cc1. The van der Waals surface area contributed by atoms with E-state index in [-0.39, 0.29) is 0 Å². The van der Waals surface area contributed by atoms with Gasteiger partial charge in [0.25, 0.3) is 0 Å². The van der Waals surface area contributed by atoms with Crippen LogP contribution < -0.4 is 10.6 Å². The van der Waals surface area contributed by atoms with Crippen molar-refractivity contribution in [3.63, 3.8) is 0 Å². The highest BCUT2D eigenvalue weighted by molar-refractivity contribution is 5.85. The van der Waals surface area contributed by atoms with E-state index >= 15 is 0 Å². The molecular formula is C18H18N2. The fourth-order valence-electron chi connectivity index (χ4n) is 2.51. The Kier molecular flexibility index (Phi) is 3.30. The van der Waals surface area contributed by atoms with Crippen molar-refractivity contribution in [1.29, 1.82) is 0 Å². The van der Waals surface area contributed by atoms with Gasteiger partial charge in [0, 0.05) is 25.0 Å². The average molecular weight is 262 g/mol. The van der Waals surface area contributed by atoms with Crippen molar-refractivity contribution in [2.24, 2.45) is 0 Å². The Morgan fingerprint density at radius 3 is 2.35 bits per heavy atom. The Balaban J connectivity index is 1.91. The molecule has 3 rings (SSSR count). The van der Waals surface area contributed by atoms with Gasteiger partial charge in [-0.2, -0.15) is 0 Å². The van der Waals surface area contributed by atoms with E-state index < -0.39 is 0 Å². The van der Waals surface area contributed by atoms with Crippen molar-refractivity contribution in [3.05, 3.63) is 72.3 Å². The molecule has 2 nitrogen and oxygen atoms in total. The summed E-state index contributed by atoms with van der Waals surface area (Å²) in [7, 11) is 2.10. The molecule has 2 N–H and O–H groups in total. The molecule has 0 bridgehead atoms. The lowest BCUT2D eigenvalue weighted by molar-refractivity contribution is 0.931. The smallest absolute Gasteiger partial charge is 0.0432 e. The number of hydrogen-bond acceptors (Lipinski definition) is 2. The number of rotatable bonds is 3. The molecule has 0 saturated carbocycles. The number of nitrogens with zero attached hydrogens (tertiary/aromatic N) is 1. The van der Waals surface area contributed by atoms with Crippen LogP contribution in [0.15, 0.2) is 66.7 Å². The molecule has 0 amide bonds. The topological polar surface area (TPSA) is 29.3 Å². The third-order valence-electron chi connectivity index (χ3n) is 3.62. The van der Waals surface area contributed by atoms with Gasteiger partial charge >= 0.3 is 0 Å². The first kappa shape index (κ1) is 12.5. The van der Waals surface area contributed by atoms with Crippen molar-refractivity contribution in [2.75, 3.05) is 17.7 Å². The van der Waals surface area contributed by atoms with Crippen LogP contribution in [0.3, 0.4) is 0 Å². The molecule has 0 saturated heterocycles. The molecule has 3 aromatic carbocycles. The maximum atomic E-state index is 5.74. The van der Waals surface area contributed by atoms with Gasteiger partial charge in [0.15, 0.2) is 0 Å². The van der Waals surface area contributed by atoms with E-state index in [1.807, 2.05) is 12.1 Å². The number of fused-ring (bicyclic) bond motifs is 1. The Bertz CT molecular complexity index is 712. The van der Waals surface area contributed by atoms with Crippen molar-refractivity contribution < 1.29 is 0 Å². The van der Waals surface area contributed by atoms with Gasteiger partial charge in [0.1, 0.15) is 0 Å². The summed E-state index contributed by atoms with van der Waals surface area (Å²) in [5.41, 5.74) is 9.04. The first-order chi connectivity index (χ1) is 9.74. The lowest BCUT2D eigenvalue weighted by Gasteiger charge is -2.20. The molecule has 2 heteroatoms. The third kappa shape index (κ3) is 2.45. The summed E-state index contributed by atoms with van der Waals surface area (Å²) >= 11 is 0. The molecule has 3 aromatic rings. The number of hydrogen-bond donors (Lipinski definition) is 1. The predicted molar refractivity (Wildman–Crippen MR) is 86.9 cm³/mol. The maximum absolute atomic E-state index is 5.74. The normalized spacial score (nSPS) is 10.7. The van der Waals surface area contributed by atoms with E-state index in [2.05, 4.69) is 66.5 Å². The summed E-state index contributed by atoms with van der Waals surface area (Å²) in [5, 5.41) is 2.60. The number of nitrogens with two attached hydrogens (primary N) is 1. The first-order valence-electron chi connectivity index (χ1n) is 6.77. The van der Waals surface area contributed by atoms with Crippen LogP contribution in [0.5, 0.6) is 0 Å². The highest BCUT2D eigenvalue weighted by Crippen LogP contribution is 2.22. The van der Waals surface area contributed by atoms with Crippen LogP contribution in [-0.4, -0.2) is 7.05 Å². The van der Waals surface area contributed by atoms with Crippen LogP contribution in [0.4, 0.5) is 11.4 Å². The van der Waals surface area contributed by atoms with E-state index in [1.54, 1.807) is 0 Å². The molecular weight excluding hydrogens is 244 g/mol. The minimum Gasteiger partial charge on any atom is -0.399 e. The molecule has 0 aliphatic heterocycles. The lowest BCUT2D eigenvalue weighted by atomic mass is 10.0. The maximum Gasteiger partial charge on any atom is 0.0432 e. The molecule has 0 aliphatic rings.